The van der Waals surface area contributed by atoms with Crippen LogP contribution in [0.5, 0.6) is 0 Å². The second kappa shape index (κ2) is 5.05. The minimum Gasteiger partial charge on any atom is -0.384 e. The van der Waals surface area contributed by atoms with Crippen LogP contribution < -0.4 is 11.1 Å². The molecule has 0 spiro atoms. The molecular formula is C15H17BrN4. The maximum absolute atomic E-state index is 5.86. The first-order valence-electron chi connectivity index (χ1n) is 6.71. The number of halogens is 1. The maximum atomic E-state index is 5.86. The van der Waals surface area contributed by atoms with Gasteiger partial charge in [0, 0.05) is 22.1 Å². The fraction of sp³-hybridized carbons (Fsp3) is 0.333. The summed E-state index contributed by atoms with van der Waals surface area (Å²) in [5.74, 6) is 2.64. The fourth-order valence-electron chi connectivity index (χ4n) is 2.24. The molecule has 1 aromatic carbocycles. The van der Waals surface area contributed by atoms with E-state index in [-0.39, 0.29) is 0 Å². The zero-order valence-corrected chi connectivity index (χ0v) is 13.2. The van der Waals surface area contributed by atoms with E-state index in [9.17, 15) is 0 Å². The van der Waals surface area contributed by atoms with Crippen molar-refractivity contribution >= 4 is 33.3 Å². The van der Waals surface area contributed by atoms with Gasteiger partial charge in [-0.3, -0.25) is 0 Å². The van der Waals surface area contributed by atoms with Crippen LogP contribution in [0.15, 0.2) is 22.7 Å². The minimum absolute atomic E-state index is 0.493. The number of benzene rings is 1. The number of hydrogen-bond acceptors (Lipinski definition) is 4. The predicted molar refractivity (Wildman–Crippen MR) is 85.3 cm³/mol. The number of anilines is 3. The summed E-state index contributed by atoms with van der Waals surface area (Å²) >= 11 is 3.58. The highest BCUT2D eigenvalue weighted by atomic mass is 79.9. The van der Waals surface area contributed by atoms with E-state index in [1.165, 1.54) is 24.0 Å². The molecule has 0 aliphatic heterocycles. The number of aryl methyl sites for hydroxylation is 2. The van der Waals surface area contributed by atoms with Crippen molar-refractivity contribution in [1.29, 1.82) is 0 Å². The molecule has 1 heterocycles. The molecule has 1 aromatic heterocycles. The normalized spacial score (nSPS) is 14.3. The minimum atomic E-state index is 0.493. The molecule has 0 unspecified atom stereocenters. The molecule has 1 saturated carbocycles. The van der Waals surface area contributed by atoms with Crippen molar-refractivity contribution in [3.05, 3.63) is 39.6 Å². The molecule has 3 N–H and O–H groups in total. The van der Waals surface area contributed by atoms with Crippen LogP contribution in [0.1, 0.15) is 35.7 Å². The van der Waals surface area contributed by atoms with Gasteiger partial charge in [0.05, 0.1) is 0 Å². The molecule has 3 rings (SSSR count). The van der Waals surface area contributed by atoms with Gasteiger partial charge < -0.3 is 11.1 Å². The molecule has 2 aromatic rings. The zero-order chi connectivity index (χ0) is 14.3. The van der Waals surface area contributed by atoms with Gasteiger partial charge in [0.1, 0.15) is 17.5 Å². The standard InChI is InChI=1S/C15H17BrN4/c1-8-5-11(6-9(2)14(8)16)18-13-7-12(17)19-15(20-13)10-3-4-10/h5-7,10H,3-4H2,1-2H3,(H3,17,18,19,20). The Kier molecular flexibility index (Phi) is 3.38. The van der Waals surface area contributed by atoms with Gasteiger partial charge in [0.2, 0.25) is 0 Å². The third-order valence-electron chi connectivity index (χ3n) is 3.41. The number of nitrogens with two attached hydrogens (primary N) is 1. The first-order chi connectivity index (χ1) is 9.52. The van der Waals surface area contributed by atoms with Crippen molar-refractivity contribution in [2.75, 3.05) is 11.1 Å². The maximum Gasteiger partial charge on any atom is 0.136 e. The molecule has 0 saturated heterocycles. The lowest BCUT2D eigenvalue weighted by Gasteiger charge is -2.11. The Morgan fingerprint density at radius 1 is 1.15 bits per heavy atom. The van der Waals surface area contributed by atoms with E-state index in [4.69, 9.17) is 5.73 Å². The summed E-state index contributed by atoms with van der Waals surface area (Å²) in [5, 5.41) is 3.32. The van der Waals surface area contributed by atoms with Crippen LogP contribution in [0, 0.1) is 13.8 Å². The second-order valence-electron chi connectivity index (χ2n) is 5.36. The third kappa shape index (κ3) is 2.77. The van der Waals surface area contributed by atoms with E-state index < -0.39 is 0 Å². The van der Waals surface area contributed by atoms with Gasteiger partial charge in [-0.15, -0.1) is 0 Å². The fourth-order valence-corrected chi connectivity index (χ4v) is 2.47. The lowest BCUT2D eigenvalue weighted by atomic mass is 10.1. The van der Waals surface area contributed by atoms with Crippen molar-refractivity contribution in [1.82, 2.24) is 9.97 Å². The van der Waals surface area contributed by atoms with E-state index in [0.717, 1.165) is 21.8 Å². The van der Waals surface area contributed by atoms with Crippen molar-refractivity contribution in [2.45, 2.75) is 32.6 Å². The molecule has 0 amide bonds. The highest BCUT2D eigenvalue weighted by Gasteiger charge is 2.27. The third-order valence-corrected chi connectivity index (χ3v) is 4.67. The van der Waals surface area contributed by atoms with Crippen LogP contribution in [0.3, 0.4) is 0 Å². The van der Waals surface area contributed by atoms with E-state index in [1.807, 2.05) is 0 Å². The van der Waals surface area contributed by atoms with Gasteiger partial charge in [-0.2, -0.15) is 0 Å². The summed E-state index contributed by atoms with van der Waals surface area (Å²) in [6.45, 7) is 4.15. The molecule has 0 bridgehead atoms. The van der Waals surface area contributed by atoms with Crippen molar-refractivity contribution in [2.24, 2.45) is 0 Å². The quantitative estimate of drug-likeness (QED) is 0.889. The molecule has 1 fully saturated rings. The van der Waals surface area contributed by atoms with Gasteiger partial charge in [-0.1, -0.05) is 15.9 Å². The Morgan fingerprint density at radius 3 is 2.40 bits per heavy atom. The largest absolute Gasteiger partial charge is 0.384 e. The Labute approximate surface area is 127 Å². The molecule has 5 heteroatoms. The topological polar surface area (TPSA) is 63.8 Å². The molecule has 104 valence electrons. The van der Waals surface area contributed by atoms with E-state index in [1.54, 1.807) is 6.07 Å². The number of hydrogen-bond donors (Lipinski definition) is 2. The summed E-state index contributed by atoms with van der Waals surface area (Å²) in [4.78, 5) is 8.86. The van der Waals surface area contributed by atoms with Gasteiger partial charge in [0.15, 0.2) is 0 Å². The van der Waals surface area contributed by atoms with Crippen LogP contribution in [-0.4, -0.2) is 9.97 Å². The van der Waals surface area contributed by atoms with E-state index in [2.05, 4.69) is 57.2 Å². The summed E-state index contributed by atoms with van der Waals surface area (Å²) in [6, 6.07) is 5.96. The first kappa shape index (κ1) is 13.4. The number of rotatable bonds is 3. The molecule has 4 nitrogen and oxygen atoms in total. The Balaban J connectivity index is 1.91. The van der Waals surface area contributed by atoms with Gasteiger partial charge in [0.25, 0.3) is 0 Å². The van der Waals surface area contributed by atoms with Crippen LogP contribution in [0.2, 0.25) is 0 Å². The van der Waals surface area contributed by atoms with Gasteiger partial charge >= 0.3 is 0 Å². The second-order valence-corrected chi connectivity index (χ2v) is 6.15. The molecule has 1 aliphatic carbocycles. The van der Waals surface area contributed by atoms with Crippen molar-refractivity contribution in [3.63, 3.8) is 0 Å². The highest BCUT2D eigenvalue weighted by molar-refractivity contribution is 9.10. The zero-order valence-electron chi connectivity index (χ0n) is 11.6. The molecule has 0 radical (unpaired) electrons. The van der Waals surface area contributed by atoms with Crippen LogP contribution in [0.25, 0.3) is 0 Å². The van der Waals surface area contributed by atoms with E-state index >= 15 is 0 Å². The predicted octanol–water partition coefficient (Wildman–Crippen LogP) is 4.06. The Hall–Kier alpha value is -1.62. The van der Waals surface area contributed by atoms with Crippen LogP contribution in [-0.2, 0) is 0 Å². The van der Waals surface area contributed by atoms with Crippen LogP contribution in [0.4, 0.5) is 17.3 Å². The summed E-state index contributed by atoms with van der Waals surface area (Å²) in [7, 11) is 0. The molecular weight excluding hydrogens is 316 g/mol. The summed E-state index contributed by atoms with van der Waals surface area (Å²) in [5.41, 5.74) is 9.26. The SMILES string of the molecule is Cc1cc(Nc2cc(N)nc(C3CC3)n2)cc(C)c1Br. The lowest BCUT2D eigenvalue weighted by Crippen LogP contribution is -2.03. The average molecular weight is 333 g/mol. The molecule has 1 aliphatic rings. The Bertz CT molecular complexity index is 642. The molecule has 20 heavy (non-hydrogen) atoms. The number of nitrogens with one attached hydrogen (secondary N) is 1. The van der Waals surface area contributed by atoms with Gasteiger partial charge in [-0.25, -0.2) is 9.97 Å². The number of aromatic nitrogens is 2. The monoisotopic (exact) mass is 332 g/mol. The lowest BCUT2D eigenvalue weighted by molar-refractivity contribution is 0.936. The van der Waals surface area contributed by atoms with E-state index in [0.29, 0.717) is 11.7 Å². The molecule has 0 atom stereocenters. The average Bonchev–Trinajstić information content (AvgIpc) is 3.19. The van der Waals surface area contributed by atoms with Crippen LogP contribution >= 0.6 is 15.9 Å². The van der Waals surface area contributed by atoms with Crippen molar-refractivity contribution < 1.29 is 0 Å². The number of nitrogen functional groups attached to an aromatic ring is 1. The summed E-state index contributed by atoms with van der Waals surface area (Å²) in [6.07, 6.45) is 2.33. The number of nitrogens with zero attached hydrogens (tertiary/aromatic N) is 2. The first-order valence-corrected chi connectivity index (χ1v) is 7.50. The summed E-state index contributed by atoms with van der Waals surface area (Å²) < 4.78 is 1.14. The highest BCUT2D eigenvalue weighted by Crippen LogP contribution is 2.38. The van der Waals surface area contributed by atoms with Gasteiger partial charge in [-0.05, 0) is 49.9 Å². The van der Waals surface area contributed by atoms with Crippen molar-refractivity contribution in [3.8, 4) is 0 Å². The smallest absolute Gasteiger partial charge is 0.136 e. The Morgan fingerprint density at radius 2 is 1.80 bits per heavy atom.